The number of ether oxygens (including phenoxy) is 1. The Bertz CT molecular complexity index is 684. The maximum Gasteiger partial charge on any atom is 0.200 e. The van der Waals surface area contributed by atoms with Crippen molar-refractivity contribution < 1.29 is 9.53 Å². The summed E-state index contributed by atoms with van der Waals surface area (Å²) >= 11 is 0. The Morgan fingerprint density at radius 3 is 2.24 bits per heavy atom. The monoisotopic (exact) mass is 282 g/mol. The largest absolute Gasteiger partial charge is 0.485 e. The first kappa shape index (κ1) is 15.3. The number of Topliss-reactive ketones (excluding diaryl/α,β-unsaturated/α-hetero) is 1. The molecule has 21 heavy (non-hydrogen) atoms. The summed E-state index contributed by atoms with van der Waals surface area (Å²) in [6, 6.07) is 10.0. The summed E-state index contributed by atoms with van der Waals surface area (Å²) in [5.74, 6) is 0.807. The molecule has 2 aromatic rings. The molecule has 0 spiro atoms. The highest BCUT2D eigenvalue weighted by Crippen LogP contribution is 2.20. The molecule has 0 heterocycles. The zero-order chi connectivity index (χ0) is 15.6. The van der Waals surface area contributed by atoms with E-state index < -0.39 is 0 Å². The predicted molar refractivity (Wildman–Crippen MR) is 86.4 cm³/mol. The van der Waals surface area contributed by atoms with Gasteiger partial charge < -0.3 is 4.74 Å². The molecule has 0 aromatic heterocycles. The number of carbonyl (C=O) groups is 1. The van der Waals surface area contributed by atoms with Gasteiger partial charge in [-0.1, -0.05) is 18.2 Å². The van der Waals surface area contributed by atoms with Crippen molar-refractivity contribution >= 4 is 5.78 Å². The molecule has 2 nitrogen and oxygen atoms in total. The normalized spacial score (nSPS) is 10.5. The Kier molecular flexibility index (Phi) is 4.46. The van der Waals surface area contributed by atoms with Crippen molar-refractivity contribution in [1.29, 1.82) is 0 Å². The first-order valence-electron chi connectivity index (χ1n) is 7.19. The second-order valence-electron chi connectivity index (χ2n) is 5.73. The molecule has 0 amide bonds. The SMILES string of the molecule is Cc1ccc(C)c(OCC(=O)c2cc(C)c(C)cc2C)c1. The fraction of sp³-hybridized carbons (Fsp3) is 0.316. The van der Waals surface area contributed by atoms with E-state index in [2.05, 4.69) is 13.0 Å². The third kappa shape index (κ3) is 3.52. The van der Waals surface area contributed by atoms with Crippen LogP contribution in [0, 0.1) is 34.6 Å². The van der Waals surface area contributed by atoms with E-state index in [4.69, 9.17) is 4.74 Å². The highest BCUT2D eigenvalue weighted by Gasteiger charge is 2.12. The van der Waals surface area contributed by atoms with Crippen LogP contribution in [0.2, 0.25) is 0 Å². The number of hydrogen-bond acceptors (Lipinski definition) is 2. The van der Waals surface area contributed by atoms with Gasteiger partial charge in [0.15, 0.2) is 12.4 Å². The number of ketones is 1. The van der Waals surface area contributed by atoms with Gasteiger partial charge in [-0.25, -0.2) is 0 Å². The molecular formula is C19H22O2. The molecule has 0 aliphatic heterocycles. The third-order valence-electron chi connectivity index (χ3n) is 3.84. The second-order valence-corrected chi connectivity index (χ2v) is 5.73. The van der Waals surface area contributed by atoms with E-state index in [9.17, 15) is 4.79 Å². The maximum absolute atomic E-state index is 12.4. The third-order valence-corrected chi connectivity index (χ3v) is 3.84. The molecule has 2 heteroatoms. The lowest BCUT2D eigenvalue weighted by Crippen LogP contribution is -2.14. The van der Waals surface area contributed by atoms with Crippen molar-refractivity contribution in [3.63, 3.8) is 0 Å². The summed E-state index contributed by atoms with van der Waals surface area (Å²) in [5, 5.41) is 0. The smallest absolute Gasteiger partial charge is 0.200 e. The summed E-state index contributed by atoms with van der Waals surface area (Å²) in [6.45, 7) is 10.1. The zero-order valence-electron chi connectivity index (χ0n) is 13.4. The summed E-state index contributed by atoms with van der Waals surface area (Å²) in [4.78, 5) is 12.4. The van der Waals surface area contributed by atoms with Crippen LogP contribution in [0.1, 0.15) is 38.2 Å². The van der Waals surface area contributed by atoms with Crippen molar-refractivity contribution in [2.24, 2.45) is 0 Å². The van der Waals surface area contributed by atoms with E-state index in [1.807, 2.05) is 52.0 Å². The summed E-state index contributed by atoms with van der Waals surface area (Å²) in [6.07, 6.45) is 0. The number of hydrogen-bond donors (Lipinski definition) is 0. The molecule has 0 radical (unpaired) electrons. The number of benzene rings is 2. The van der Waals surface area contributed by atoms with Crippen LogP contribution in [0.4, 0.5) is 0 Å². The van der Waals surface area contributed by atoms with Crippen LogP contribution in [0.3, 0.4) is 0 Å². The maximum atomic E-state index is 12.4. The molecule has 2 rings (SSSR count). The Balaban J connectivity index is 2.15. The topological polar surface area (TPSA) is 26.3 Å². The van der Waals surface area contributed by atoms with E-state index in [1.165, 1.54) is 5.56 Å². The van der Waals surface area contributed by atoms with Gasteiger partial charge in [0.25, 0.3) is 0 Å². The van der Waals surface area contributed by atoms with Crippen LogP contribution in [-0.4, -0.2) is 12.4 Å². The molecular weight excluding hydrogens is 260 g/mol. The number of rotatable bonds is 4. The van der Waals surface area contributed by atoms with E-state index >= 15 is 0 Å². The van der Waals surface area contributed by atoms with Gasteiger partial charge in [-0.2, -0.15) is 0 Å². The lowest BCUT2D eigenvalue weighted by atomic mass is 9.98. The fourth-order valence-corrected chi connectivity index (χ4v) is 2.34. The molecule has 0 bridgehead atoms. The number of aryl methyl sites for hydroxylation is 5. The van der Waals surface area contributed by atoms with Gasteiger partial charge >= 0.3 is 0 Å². The van der Waals surface area contributed by atoms with E-state index in [-0.39, 0.29) is 12.4 Å². The fourth-order valence-electron chi connectivity index (χ4n) is 2.34. The molecule has 0 aliphatic rings. The minimum atomic E-state index is 0.0245. The lowest BCUT2D eigenvalue weighted by molar-refractivity contribution is 0.0920. The van der Waals surface area contributed by atoms with Crippen LogP contribution >= 0.6 is 0 Å². The van der Waals surface area contributed by atoms with Crippen LogP contribution < -0.4 is 4.74 Å². The zero-order valence-corrected chi connectivity index (χ0v) is 13.4. The lowest BCUT2D eigenvalue weighted by Gasteiger charge is -2.12. The summed E-state index contributed by atoms with van der Waals surface area (Å²) < 4.78 is 5.71. The molecule has 0 saturated heterocycles. The Morgan fingerprint density at radius 1 is 0.857 bits per heavy atom. The molecule has 2 aromatic carbocycles. The van der Waals surface area contributed by atoms with Gasteiger partial charge in [0.2, 0.25) is 0 Å². The van der Waals surface area contributed by atoms with E-state index in [1.54, 1.807) is 0 Å². The van der Waals surface area contributed by atoms with Crippen LogP contribution in [0.5, 0.6) is 5.75 Å². The van der Waals surface area contributed by atoms with Crippen molar-refractivity contribution in [1.82, 2.24) is 0 Å². The first-order chi connectivity index (χ1) is 9.88. The highest BCUT2D eigenvalue weighted by molar-refractivity contribution is 5.98. The van der Waals surface area contributed by atoms with E-state index in [0.717, 1.165) is 33.6 Å². The quantitative estimate of drug-likeness (QED) is 0.772. The molecule has 0 unspecified atom stereocenters. The molecule has 0 aliphatic carbocycles. The summed E-state index contributed by atoms with van der Waals surface area (Å²) in [5.41, 5.74) is 6.28. The number of carbonyl (C=O) groups excluding carboxylic acids is 1. The van der Waals surface area contributed by atoms with Gasteiger partial charge in [-0.3, -0.25) is 4.79 Å². The Hall–Kier alpha value is -2.09. The summed E-state index contributed by atoms with van der Waals surface area (Å²) in [7, 11) is 0. The van der Waals surface area contributed by atoms with E-state index in [0.29, 0.717) is 0 Å². The highest BCUT2D eigenvalue weighted by atomic mass is 16.5. The van der Waals surface area contributed by atoms with Gasteiger partial charge in [0, 0.05) is 5.56 Å². The van der Waals surface area contributed by atoms with Gasteiger partial charge in [-0.05, 0) is 74.6 Å². The van der Waals surface area contributed by atoms with Crippen molar-refractivity contribution in [3.8, 4) is 5.75 Å². The van der Waals surface area contributed by atoms with Crippen molar-refractivity contribution in [3.05, 3.63) is 63.7 Å². The average Bonchev–Trinajstić information content (AvgIpc) is 2.43. The predicted octanol–water partition coefficient (Wildman–Crippen LogP) is 4.49. The molecule has 0 fully saturated rings. The van der Waals surface area contributed by atoms with Crippen molar-refractivity contribution in [2.75, 3.05) is 6.61 Å². The Morgan fingerprint density at radius 2 is 1.52 bits per heavy atom. The standard InChI is InChI=1S/C19H22O2/c1-12-6-7-13(2)19(8-12)21-11-18(20)17-10-15(4)14(3)9-16(17)5/h6-10H,11H2,1-5H3. The van der Waals surface area contributed by atoms with Gasteiger partial charge in [0.1, 0.15) is 5.75 Å². The van der Waals surface area contributed by atoms with Crippen LogP contribution in [0.25, 0.3) is 0 Å². The minimum Gasteiger partial charge on any atom is -0.485 e. The minimum absolute atomic E-state index is 0.0245. The average molecular weight is 282 g/mol. The van der Waals surface area contributed by atoms with Crippen molar-refractivity contribution in [2.45, 2.75) is 34.6 Å². The first-order valence-corrected chi connectivity index (χ1v) is 7.19. The molecule has 0 saturated carbocycles. The van der Waals surface area contributed by atoms with Gasteiger partial charge in [-0.15, -0.1) is 0 Å². The van der Waals surface area contributed by atoms with Gasteiger partial charge in [0.05, 0.1) is 0 Å². The second kappa shape index (κ2) is 6.13. The van der Waals surface area contributed by atoms with Crippen LogP contribution in [-0.2, 0) is 0 Å². The molecule has 0 N–H and O–H groups in total. The Labute approximate surface area is 126 Å². The van der Waals surface area contributed by atoms with Crippen LogP contribution in [0.15, 0.2) is 30.3 Å². The molecule has 0 atom stereocenters. The molecule has 110 valence electrons.